The molecule has 0 radical (unpaired) electrons. The molecule has 0 aliphatic rings. The van der Waals surface area contributed by atoms with E-state index in [1.54, 1.807) is 22.4 Å². The molecule has 0 saturated carbocycles. The molecule has 4 rings (SSSR count). The molecule has 2 N–H and O–H groups in total. The van der Waals surface area contributed by atoms with E-state index in [0.29, 0.717) is 17.4 Å². The number of nitrogens with one attached hydrogen (secondary N) is 2. The molecule has 12 heteroatoms. The lowest BCUT2D eigenvalue weighted by Gasteiger charge is -2.13. The number of anilines is 2. The first kappa shape index (κ1) is 21.3. The normalized spacial score (nSPS) is 11.3. The zero-order chi connectivity index (χ0) is 23.0. The van der Waals surface area contributed by atoms with E-state index < -0.39 is 17.5 Å². The van der Waals surface area contributed by atoms with Crippen LogP contribution in [-0.4, -0.2) is 42.4 Å². The standard InChI is InChI=1S/C20H20F2N8O2/c1-10(2)16-12(19-24-9-25-29(19)3)7-30-17(16)18(23-8-26-30)27-15-5-11(20(31)28-32-4)13(21)6-14(15)22/h5-10H,1-4H3,(H,28,31)(H,23,26,27). The van der Waals surface area contributed by atoms with Crippen LogP contribution in [0.25, 0.3) is 16.9 Å². The molecule has 166 valence electrons. The molecule has 1 amide bonds. The first-order chi connectivity index (χ1) is 15.3. The topological polar surface area (TPSA) is 111 Å². The summed E-state index contributed by atoms with van der Waals surface area (Å²) >= 11 is 0. The summed E-state index contributed by atoms with van der Waals surface area (Å²) < 4.78 is 32.0. The number of aryl methyl sites for hydroxylation is 1. The highest BCUT2D eigenvalue weighted by molar-refractivity contribution is 5.95. The number of fused-ring (bicyclic) bond motifs is 1. The van der Waals surface area contributed by atoms with Crippen molar-refractivity contribution in [2.45, 2.75) is 19.8 Å². The van der Waals surface area contributed by atoms with Crippen molar-refractivity contribution in [3.8, 4) is 11.4 Å². The molecule has 0 saturated heterocycles. The summed E-state index contributed by atoms with van der Waals surface area (Å²) in [6.07, 6.45) is 4.55. The fourth-order valence-corrected chi connectivity index (χ4v) is 3.52. The highest BCUT2D eigenvalue weighted by Crippen LogP contribution is 2.36. The Bertz CT molecular complexity index is 1310. The number of nitrogens with zero attached hydrogens (tertiary/aromatic N) is 6. The van der Waals surface area contributed by atoms with Gasteiger partial charge >= 0.3 is 0 Å². The molecule has 1 aromatic carbocycles. The largest absolute Gasteiger partial charge is 0.336 e. The van der Waals surface area contributed by atoms with Crippen LogP contribution in [0.4, 0.5) is 20.3 Å². The predicted molar refractivity (Wildman–Crippen MR) is 111 cm³/mol. The fourth-order valence-electron chi connectivity index (χ4n) is 3.52. The number of hydrogen-bond acceptors (Lipinski definition) is 7. The molecule has 0 aliphatic carbocycles. The van der Waals surface area contributed by atoms with Gasteiger partial charge in [-0.1, -0.05) is 13.8 Å². The molecule has 0 aliphatic heterocycles. The average Bonchev–Trinajstić information content (AvgIpc) is 3.33. The lowest BCUT2D eigenvalue weighted by Crippen LogP contribution is -2.23. The van der Waals surface area contributed by atoms with E-state index >= 15 is 0 Å². The monoisotopic (exact) mass is 442 g/mol. The number of benzene rings is 1. The van der Waals surface area contributed by atoms with E-state index in [1.807, 2.05) is 19.3 Å². The van der Waals surface area contributed by atoms with Gasteiger partial charge in [-0.25, -0.2) is 33.4 Å². The van der Waals surface area contributed by atoms with Crippen molar-refractivity contribution in [3.05, 3.63) is 53.7 Å². The van der Waals surface area contributed by atoms with Gasteiger partial charge in [0.2, 0.25) is 0 Å². The van der Waals surface area contributed by atoms with Crippen molar-refractivity contribution < 1.29 is 18.4 Å². The minimum atomic E-state index is -1.02. The molecule has 0 unspecified atom stereocenters. The van der Waals surface area contributed by atoms with Crippen LogP contribution < -0.4 is 10.8 Å². The summed E-state index contributed by atoms with van der Waals surface area (Å²) in [7, 11) is 2.99. The van der Waals surface area contributed by atoms with Gasteiger partial charge in [-0.2, -0.15) is 10.2 Å². The molecule has 3 aromatic heterocycles. The Kier molecular flexibility index (Phi) is 5.53. The van der Waals surface area contributed by atoms with E-state index in [-0.39, 0.29) is 23.0 Å². The number of carbonyl (C=O) groups is 1. The number of hydroxylamine groups is 1. The van der Waals surface area contributed by atoms with E-state index in [2.05, 4.69) is 30.3 Å². The van der Waals surface area contributed by atoms with Crippen molar-refractivity contribution in [1.29, 1.82) is 0 Å². The molecule has 32 heavy (non-hydrogen) atoms. The van der Waals surface area contributed by atoms with Gasteiger partial charge in [0.25, 0.3) is 5.91 Å². The molecular weight excluding hydrogens is 422 g/mol. The van der Waals surface area contributed by atoms with Crippen LogP contribution >= 0.6 is 0 Å². The smallest absolute Gasteiger partial charge is 0.277 e. The van der Waals surface area contributed by atoms with Gasteiger partial charge in [-0.05, 0) is 17.5 Å². The molecule has 0 bridgehead atoms. The summed E-state index contributed by atoms with van der Waals surface area (Å²) in [5, 5.41) is 11.3. The van der Waals surface area contributed by atoms with Gasteiger partial charge < -0.3 is 5.32 Å². The molecule has 0 fully saturated rings. The third-order valence-electron chi connectivity index (χ3n) is 4.89. The minimum Gasteiger partial charge on any atom is -0.336 e. The maximum Gasteiger partial charge on any atom is 0.277 e. The van der Waals surface area contributed by atoms with Crippen molar-refractivity contribution in [2.75, 3.05) is 12.4 Å². The van der Waals surface area contributed by atoms with E-state index in [4.69, 9.17) is 0 Å². The van der Waals surface area contributed by atoms with Crippen LogP contribution in [0, 0.1) is 11.6 Å². The van der Waals surface area contributed by atoms with E-state index in [9.17, 15) is 13.6 Å². The van der Waals surface area contributed by atoms with Crippen molar-refractivity contribution in [2.24, 2.45) is 7.05 Å². The zero-order valence-corrected chi connectivity index (χ0v) is 17.7. The van der Waals surface area contributed by atoms with E-state index in [0.717, 1.165) is 17.2 Å². The number of carbonyl (C=O) groups excluding carboxylic acids is 1. The number of amides is 1. The van der Waals surface area contributed by atoms with Crippen LogP contribution in [0.1, 0.15) is 35.7 Å². The maximum absolute atomic E-state index is 14.6. The summed E-state index contributed by atoms with van der Waals surface area (Å²) in [5.74, 6) is -1.82. The third-order valence-corrected chi connectivity index (χ3v) is 4.89. The average molecular weight is 442 g/mol. The predicted octanol–water partition coefficient (Wildman–Crippen LogP) is 2.96. The van der Waals surface area contributed by atoms with Gasteiger partial charge in [0, 0.05) is 24.9 Å². The second-order valence-corrected chi connectivity index (χ2v) is 7.29. The molecule has 0 spiro atoms. The summed E-state index contributed by atoms with van der Waals surface area (Å²) in [4.78, 5) is 25.2. The van der Waals surface area contributed by atoms with Gasteiger partial charge in [-0.15, -0.1) is 0 Å². The minimum absolute atomic E-state index is 0.0272. The van der Waals surface area contributed by atoms with Gasteiger partial charge in [0.15, 0.2) is 11.6 Å². The van der Waals surface area contributed by atoms with Crippen molar-refractivity contribution >= 4 is 22.9 Å². The quantitative estimate of drug-likeness (QED) is 0.442. The molecule has 3 heterocycles. The Labute approximate surface area is 181 Å². The number of halogens is 2. The Balaban J connectivity index is 1.86. The number of rotatable bonds is 6. The van der Waals surface area contributed by atoms with Crippen molar-refractivity contribution in [3.63, 3.8) is 0 Å². The molecule has 0 atom stereocenters. The second kappa shape index (κ2) is 8.30. The maximum atomic E-state index is 14.6. The van der Waals surface area contributed by atoms with Crippen molar-refractivity contribution in [1.82, 2.24) is 34.8 Å². The third kappa shape index (κ3) is 3.64. The SMILES string of the molecule is CONC(=O)c1cc(Nc2ncnn3cc(-c4ncnn4C)c(C(C)C)c23)c(F)cc1F. The lowest BCUT2D eigenvalue weighted by molar-refractivity contribution is 0.0533. The van der Waals surface area contributed by atoms with E-state index in [1.165, 1.54) is 19.8 Å². The van der Waals surface area contributed by atoms with Crippen LogP contribution in [0.3, 0.4) is 0 Å². The Morgan fingerprint density at radius 2 is 1.88 bits per heavy atom. The number of aromatic nitrogens is 6. The Morgan fingerprint density at radius 3 is 2.53 bits per heavy atom. The van der Waals surface area contributed by atoms with Crippen LogP contribution in [0.15, 0.2) is 31.0 Å². The second-order valence-electron chi connectivity index (χ2n) is 7.29. The van der Waals surface area contributed by atoms with Gasteiger partial charge in [-0.3, -0.25) is 9.63 Å². The van der Waals surface area contributed by atoms with Crippen LogP contribution in [0.2, 0.25) is 0 Å². The molecular formula is C20H20F2N8O2. The highest BCUT2D eigenvalue weighted by Gasteiger charge is 2.23. The lowest BCUT2D eigenvalue weighted by atomic mass is 9.99. The first-order valence-electron chi connectivity index (χ1n) is 9.61. The fraction of sp³-hybridized carbons (Fsp3) is 0.250. The summed E-state index contributed by atoms with van der Waals surface area (Å²) in [6, 6.07) is 1.68. The Morgan fingerprint density at radius 1 is 1.12 bits per heavy atom. The van der Waals surface area contributed by atoms with Crippen LogP contribution in [-0.2, 0) is 11.9 Å². The van der Waals surface area contributed by atoms with Gasteiger partial charge in [0.1, 0.15) is 29.8 Å². The highest BCUT2D eigenvalue weighted by atomic mass is 19.1. The molecule has 4 aromatic rings. The zero-order valence-electron chi connectivity index (χ0n) is 17.7. The first-order valence-corrected chi connectivity index (χ1v) is 9.61. The molecule has 10 nitrogen and oxygen atoms in total. The number of hydrogen-bond donors (Lipinski definition) is 2. The van der Waals surface area contributed by atoms with Crippen LogP contribution in [0.5, 0.6) is 0 Å². The van der Waals surface area contributed by atoms with Gasteiger partial charge in [0.05, 0.1) is 18.4 Å². The Hall–Kier alpha value is -3.93. The summed E-state index contributed by atoms with van der Waals surface area (Å²) in [5.41, 5.74) is 3.74. The summed E-state index contributed by atoms with van der Waals surface area (Å²) in [6.45, 7) is 4.00.